The predicted molar refractivity (Wildman–Crippen MR) is 165 cm³/mol. The molecule has 0 aliphatic carbocycles. The Morgan fingerprint density at radius 3 is 2.29 bits per heavy atom. The molecular formula is C33H34N4O8. The van der Waals surface area contributed by atoms with Crippen molar-refractivity contribution in [3.8, 4) is 5.75 Å². The van der Waals surface area contributed by atoms with Gasteiger partial charge in [-0.05, 0) is 39.5 Å². The monoisotopic (exact) mass is 614 g/mol. The second-order valence-electron chi connectivity index (χ2n) is 10.0. The molecule has 234 valence electrons. The molecule has 1 amide bonds. The molecule has 0 bridgehead atoms. The minimum absolute atomic E-state index is 0.0853. The van der Waals surface area contributed by atoms with Crippen molar-refractivity contribution in [2.24, 2.45) is 5.11 Å². The lowest BCUT2D eigenvalue weighted by Crippen LogP contribution is -2.24. The fourth-order valence-electron chi connectivity index (χ4n) is 4.68. The third-order valence-electron chi connectivity index (χ3n) is 6.79. The zero-order chi connectivity index (χ0) is 32.0. The maximum absolute atomic E-state index is 13.2. The number of methoxy groups -OCH3 is 1. The minimum atomic E-state index is -0.827. The smallest absolute Gasteiger partial charge is 0.354 e. The van der Waals surface area contributed by atoms with E-state index in [1.54, 1.807) is 6.07 Å². The maximum atomic E-state index is 13.2. The van der Waals surface area contributed by atoms with E-state index in [2.05, 4.69) is 15.0 Å². The van der Waals surface area contributed by atoms with E-state index in [9.17, 15) is 14.4 Å². The first-order valence-electron chi connectivity index (χ1n) is 14.3. The maximum Gasteiger partial charge on any atom is 0.354 e. The van der Waals surface area contributed by atoms with E-state index in [1.165, 1.54) is 20.1 Å². The van der Waals surface area contributed by atoms with Crippen molar-refractivity contribution in [3.05, 3.63) is 111 Å². The number of fused-ring (bicyclic) bond motifs is 1. The van der Waals surface area contributed by atoms with E-state index >= 15 is 0 Å². The largest absolute Gasteiger partial charge is 0.491 e. The molecule has 12 heteroatoms. The van der Waals surface area contributed by atoms with Gasteiger partial charge in [0.05, 0.1) is 51.8 Å². The Morgan fingerprint density at radius 2 is 1.64 bits per heavy atom. The lowest BCUT2D eigenvalue weighted by Gasteiger charge is -2.21. The van der Waals surface area contributed by atoms with E-state index in [1.807, 2.05) is 60.7 Å². The van der Waals surface area contributed by atoms with Gasteiger partial charge in [0.25, 0.3) is 0 Å². The van der Waals surface area contributed by atoms with Gasteiger partial charge in [0, 0.05) is 35.6 Å². The summed E-state index contributed by atoms with van der Waals surface area (Å²) in [5, 5.41) is 3.83. The molecule has 0 fully saturated rings. The predicted octanol–water partition coefficient (Wildman–Crippen LogP) is 6.08. The lowest BCUT2D eigenvalue weighted by atomic mass is 9.96. The van der Waals surface area contributed by atoms with Crippen LogP contribution >= 0.6 is 0 Å². The van der Waals surface area contributed by atoms with Crippen molar-refractivity contribution in [2.75, 3.05) is 26.9 Å². The van der Waals surface area contributed by atoms with Crippen LogP contribution in [-0.2, 0) is 43.4 Å². The van der Waals surface area contributed by atoms with Gasteiger partial charge in [0.2, 0.25) is 5.91 Å². The highest BCUT2D eigenvalue weighted by Gasteiger charge is 2.25. The number of carbonyl (C=O) groups is 3. The molecule has 4 aromatic rings. The lowest BCUT2D eigenvalue weighted by molar-refractivity contribution is -0.141. The van der Waals surface area contributed by atoms with Crippen molar-refractivity contribution in [2.45, 2.75) is 39.1 Å². The van der Waals surface area contributed by atoms with Crippen molar-refractivity contribution in [1.82, 2.24) is 4.98 Å². The summed E-state index contributed by atoms with van der Waals surface area (Å²) in [4.78, 5) is 42.5. The fourth-order valence-corrected chi connectivity index (χ4v) is 4.68. The fraction of sp³-hybridized carbons (Fsp3) is 0.303. The van der Waals surface area contributed by atoms with Crippen LogP contribution < -0.4 is 4.74 Å². The molecule has 1 heterocycles. The third kappa shape index (κ3) is 9.41. The number of nitrogens with zero attached hydrogens (tertiary/aromatic N) is 3. The zero-order valence-electron chi connectivity index (χ0n) is 25.1. The van der Waals surface area contributed by atoms with Crippen LogP contribution in [-0.4, -0.2) is 55.9 Å². The van der Waals surface area contributed by atoms with Gasteiger partial charge >= 0.3 is 11.9 Å². The number of aromatic amines is 1. The number of nitrogens with one attached hydrogen (secondary N) is 1. The SMILES string of the molecule is COC(=O)c1cc2c(C[C@@H](COCc3ccccc3)OCc3ccccc3)c(C(=O)N=[N+]=[N-])cc(OCCCOC(C)=O)c2[nH]1. The van der Waals surface area contributed by atoms with Gasteiger partial charge in [0.1, 0.15) is 11.4 Å². The molecule has 4 rings (SSSR count). The summed E-state index contributed by atoms with van der Waals surface area (Å²) < 4.78 is 28.2. The molecule has 1 N–H and O–H groups in total. The van der Waals surface area contributed by atoms with Gasteiger partial charge in [0.15, 0.2) is 0 Å². The Balaban J connectivity index is 1.71. The Morgan fingerprint density at radius 1 is 0.956 bits per heavy atom. The molecule has 0 saturated heterocycles. The number of carbonyl (C=O) groups excluding carboxylic acids is 3. The molecule has 0 saturated carbocycles. The minimum Gasteiger partial charge on any atom is -0.491 e. The first-order valence-corrected chi connectivity index (χ1v) is 14.3. The van der Waals surface area contributed by atoms with Crippen LogP contribution in [0.2, 0.25) is 0 Å². The van der Waals surface area contributed by atoms with Crippen molar-refractivity contribution in [3.63, 3.8) is 0 Å². The third-order valence-corrected chi connectivity index (χ3v) is 6.79. The van der Waals surface area contributed by atoms with E-state index < -0.39 is 23.9 Å². The molecule has 0 spiro atoms. The van der Waals surface area contributed by atoms with Crippen molar-refractivity contribution < 1.29 is 38.1 Å². The van der Waals surface area contributed by atoms with Crippen molar-refractivity contribution >= 4 is 28.7 Å². The first kappa shape index (κ1) is 32.7. The average molecular weight is 615 g/mol. The standard InChI is InChI=1S/C33H34N4O8/c1-22(38)43-14-9-15-44-30-18-28(32(39)36-37-34)26(27-17-29(33(40)41-2)35-31(27)30)16-25(45-20-24-12-7-4-8-13-24)21-42-19-23-10-5-3-6-11-23/h3-8,10-13,17-18,25,35H,9,14-16,19-21H2,1-2H3/t25-/m0/s1. The van der Waals surface area contributed by atoms with Gasteiger partial charge in [-0.25, -0.2) is 4.79 Å². The average Bonchev–Trinajstić information content (AvgIpc) is 3.50. The number of hydrogen-bond donors (Lipinski definition) is 1. The quantitative estimate of drug-likeness (QED) is 0.0522. The highest BCUT2D eigenvalue weighted by Crippen LogP contribution is 2.34. The van der Waals surface area contributed by atoms with E-state index in [-0.39, 0.29) is 49.9 Å². The summed E-state index contributed by atoms with van der Waals surface area (Å²) in [7, 11) is 1.26. The molecule has 1 atom stereocenters. The van der Waals surface area contributed by atoms with Crippen LogP contribution in [0.5, 0.6) is 5.75 Å². The van der Waals surface area contributed by atoms with Crippen LogP contribution in [0, 0.1) is 0 Å². The highest BCUT2D eigenvalue weighted by molar-refractivity contribution is 6.05. The molecule has 1 aromatic heterocycles. The second kappa shape index (κ2) is 16.6. The Labute approximate surface area is 259 Å². The summed E-state index contributed by atoms with van der Waals surface area (Å²) in [5.41, 5.74) is 12.2. The number of ether oxygens (including phenoxy) is 5. The molecule has 3 aromatic carbocycles. The summed E-state index contributed by atoms with van der Waals surface area (Å²) in [6.07, 6.45) is 0.00805. The van der Waals surface area contributed by atoms with Gasteiger partial charge in [-0.1, -0.05) is 60.7 Å². The molecule has 0 aliphatic heterocycles. The Kier molecular flexibility index (Phi) is 12.1. The summed E-state index contributed by atoms with van der Waals surface area (Å²) in [6, 6.07) is 22.4. The van der Waals surface area contributed by atoms with Crippen LogP contribution in [0.4, 0.5) is 0 Å². The molecule has 0 radical (unpaired) electrons. The molecule has 0 aliphatic rings. The molecule has 0 unspecified atom stereocenters. The second-order valence-corrected chi connectivity index (χ2v) is 10.0. The van der Waals surface area contributed by atoms with Gasteiger partial charge < -0.3 is 28.7 Å². The van der Waals surface area contributed by atoms with Crippen LogP contribution in [0.15, 0.2) is 77.9 Å². The topological polar surface area (TPSA) is 162 Å². The summed E-state index contributed by atoms with van der Waals surface area (Å²) >= 11 is 0. The molecular weight excluding hydrogens is 580 g/mol. The number of rotatable bonds is 16. The Hall–Kier alpha value is -5.16. The summed E-state index contributed by atoms with van der Waals surface area (Å²) in [5.74, 6) is -1.62. The Bertz CT molecular complexity index is 1650. The number of benzene rings is 3. The van der Waals surface area contributed by atoms with E-state index in [0.29, 0.717) is 29.5 Å². The van der Waals surface area contributed by atoms with Gasteiger partial charge in [-0.3, -0.25) is 9.59 Å². The first-order chi connectivity index (χ1) is 21.9. The van der Waals surface area contributed by atoms with Gasteiger partial charge in [-0.15, -0.1) is 0 Å². The molecule has 12 nitrogen and oxygen atoms in total. The number of H-pyrrole nitrogens is 1. The zero-order valence-corrected chi connectivity index (χ0v) is 25.1. The van der Waals surface area contributed by atoms with Crippen LogP contribution in [0.1, 0.15) is 50.9 Å². The van der Waals surface area contributed by atoms with E-state index in [4.69, 9.17) is 29.2 Å². The number of aromatic nitrogens is 1. The van der Waals surface area contributed by atoms with Crippen molar-refractivity contribution in [1.29, 1.82) is 0 Å². The van der Waals surface area contributed by atoms with Crippen LogP contribution in [0.25, 0.3) is 21.3 Å². The van der Waals surface area contributed by atoms with Gasteiger partial charge in [-0.2, -0.15) is 0 Å². The highest BCUT2D eigenvalue weighted by atomic mass is 16.5. The normalized spacial score (nSPS) is 11.4. The summed E-state index contributed by atoms with van der Waals surface area (Å²) in [6.45, 7) is 2.41. The number of amides is 1. The number of azide groups is 1. The molecule has 45 heavy (non-hydrogen) atoms. The van der Waals surface area contributed by atoms with Crippen LogP contribution in [0.3, 0.4) is 0 Å². The number of hydrogen-bond acceptors (Lipinski definition) is 8. The number of esters is 2. The van der Waals surface area contributed by atoms with E-state index in [0.717, 1.165) is 11.1 Å².